The van der Waals surface area contributed by atoms with Crippen molar-refractivity contribution in [2.75, 3.05) is 7.11 Å². The number of hydrazone groups is 1. The molecule has 1 amide bonds. The summed E-state index contributed by atoms with van der Waals surface area (Å²) in [4.78, 5) is 22.3. The Bertz CT molecular complexity index is 777. The van der Waals surface area contributed by atoms with E-state index in [9.17, 15) is 14.9 Å². The van der Waals surface area contributed by atoms with Crippen LogP contribution in [0.5, 0.6) is 5.75 Å². The largest absolute Gasteiger partial charge is 0.490 e. The minimum atomic E-state index is -0.546. The van der Waals surface area contributed by atoms with E-state index in [1.807, 2.05) is 0 Å². The molecule has 0 radical (unpaired) electrons. The number of rotatable bonds is 5. The zero-order valence-electron chi connectivity index (χ0n) is 12.0. The number of nitrogens with zero attached hydrogens (tertiary/aromatic N) is 2. The molecule has 0 unspecified atom stereocenters. The van der Waals surface area contributed by atoms with Gasteiger partial charge in [0, 0.05) is 16.1 Å². The molecule has 0 atom stereocenters. The smallest absolute Gasteiger partial charge is 0.311 e. The molecule has 0 spiro atoms. The van der Waals surface area contributed by atoms with Crippen molar-refractivity contribution in [2.45, 2.75) is 0 Å². The van der Waals surface area contributed by atoms with E-state index in [0.29, 0.717) is 15.6 Å². The van der Waals surface area contributed by atoms with Gasteiger partial charge in [-0.3, -0.25) is 14.9 Å². The van der Waals surface area contributed by atoms with Crippen LogP contribution in [0, 0.1) is 10.1 Å². The summed E-state index contributed by atoms with van der Waals surface area (Å²) in [7, 11) is 1.36. The third-order valence-electron chi connectivity index (χ3n) is 2.90. The van der Waals surface area contributed by atoms with E-state index in [-0.39, 0.29) is 11.4 Å². The lowest BCUT2D eigenvalue weighted by Crippen LogP contribution is -2.18. The second-order valence-corrected chi connectivity index (χ2v) is 5.22. The maximum absolute atomic E-state index is 11.9. The zero-order chi connectivity index (χ0) is 16.8. The van der Waals surface area contributed by atoms with Crippen LogP contribution in [0.25, 0.3) is 0 Å². The molecule has 23 heavy (non-hydrogen) atoms. The lowest BCUT2D eigenvalue weighted by atomic mass is 10.2. The predicted octanol–water partition coefficient (Wildman–Crippen LogP) is 3.13. The molecule has 118 valence electrons. The highest BCUT2D eigenvalue weighted by Gasteiger charge is 2.14. The Morgan fingerprint density at radius 1 is 1.35 bits per heavy atom. The summed E-state index contributed by atoms with van der Waals surface area (Å²) >= 11 is 3.27. The molecule has 0 saturated heterocycles. The quantitative estimate of drug-likeness (QED) is 0.491. The first-order chi connectivity index (χ1) is 11.0. The van der Waals surface area contributed by atoms with Gasteiger partial charge in [-0.15, -0.1) is 0 Å². The molecule has 0 aliphatic rings. The number of nitro groups is 1. The van der Waals surface area contributed by atoms with Gasteiger partial charge in [0.25, 0.3) is 5.91 Å². The standard InChI is InChI=1S/C15H12BrN3O4/c1-23-14-7-6-10(8-13(14)19(21)22)9-17-18-15(20)11-4-2-3-5-12(11)16/h2-9H,1H3,(H,18,20)/b17-9+. The van der Waals surface area contributed by atoms with Crippen LogP contribution in [0.15, 0.2) is 52.0 Å². The van der Waals surface area contributed by atoms with Gasteiger partial charge in [-0.2, -0.15) is 5.10 Å². The van der Waals surface area contributed by atoms with Crippen LogP contribution in [0.2, 0.25) is 0 Å². The Kier molecular flexibility index (Phi) is 5.42. The number of hydrogen-bond acceptors (Lipinski definition) is 5. The summed E-state index contributed by atoms with van der Waals surface area (Å²) in [6, 6.07) is 11.3. The van der Waals surface area contributed by atoms with Gasteiger partial charge in [-0.25, -0.2) is 5.43 Å². The van der Waals surface area contributed by atoms with E-state index >= 15 is 0 Å². The minimum absolute atomic E-state index is 0.157. The maximum Gasteiger partial charge on any atom is 0.311 e. The molecule has 0 heterocycles. The number of ether oxygens (including phenoxy) is 1. The number of carbonyl (C=O) groups is 1. The van der Waals surface area contributed by atoms with Crippen molar-refractivity contribution in [3.63, 3.8) is 0 Å². The summed E-state index contributed by atoms with van der Waals surface area (Å²) in [6.45, 7) is 0. The van der Waals surface area contributed by atoms with Crippen LogP contribution < -0.4 is 10.2 Å². The van der Waals surface area contributed by atoms with Crippen LogP contribution in [0.1, 0.15) is 15.9 Å². The van der Waals surface area contributed by atoms with Crippen molar-refractivity contribution in [3.05, 3.63) is 68.2 Å². The monoisotopic (exact) mass is 377 g/mol. The summed E-state index contributed by atoms with van der Waals surface area (Å²) in [5, 5.41) is 14.7. The molecule has 0 saturated carbocycles. The average Bonchev–Trinajstić information content (AvgIpc) is 2.55. The number of halogens is 1. The Morgan fingerprint density at radius 2 is 2.09 bits per heavy atom. The minimum Gasteiger partial charge on any atom is -0.490 e. The fourth-order valence-electron chi connectivity index (χ4n) is 1.80. The van der Waals surface area contributed by atoms with Gasteiger partial charge in [0.1, 0.15) is 0 Å². The van der Waals surface area contributed by atoms with E-state index in [1.54, 1.807) is 30.3 Å². The van der Waals surface area contributed by atoms with E-state index in [2.05, 4.69) is 26.5 Å². The van der Waals surface area contributed by atoms with Gasteiger partial charge < -0.3 is 4.74 Å². The second kappa shape index (κ2) is 7.50. The van der Waals surface area contributed by atoms with E-state index < -0.39 is 10.8 Å². The highest BCUT2D eigenvalue weighted by molar-refractivity contribution is 9.10. The topological polar surface area (TPSA) is 93.8 Å². The molecule has 7 nitrogen and oxygen atoms in total. The normalized spacial score (nSPS) is 10.5. The molecular weight excluding hydrogens is 366 g/mol. The number of hydrogen-bond donors (Lipinski definition) is 1. The molecule has 8 heteroatoms. The molecule has 0 aliphatic heterocycles. The summed E-state index contributed by atoms with van der Waals surface area (Å²) in [5.41, 5.74) is 3.09. The molecule has 2 aromatic carbocycles. The molecule has 0 aromatic heterocycles. The van der Waals surface area contributed by atoms with Gasteiger partial charge in [0.05, 0.1) is 23.8 Å². The second-order valence-electron chi connectivity index (χ2n) is 4.37. The van der Waals surface area contributed by atoms with Gasteiger partial charge >= 0.3 is 5.69 Å². The van der Waals surface area contributed by atoms with Crippen molar-refractivity contribution >= 4 is 33.7 Å². The number of nitro benzene ring substituents is 1. The number of methoxy groups -OCH3 is 1. The Labute approximate surface area is 140 Å². The number of benzene rings is 2. The Balaban J connectivity index is 2.12. The summed E-state index contributed by atoms with van der Waals surface area (Å²) < 4.78 is 5.56. The molecule has 2 rings (SSSR count). The highest BCUT2D eigenvalue weighted by atomic mass is 79.9. The first kappa shape index (κ1) is 16.6. The van der Waals surface area contributed by atoms with E-state index in [4.69, 9.17) is 4.74 Å². The van der Waals surface area contributed by atoms with Crippen molar-refractivity contribution in [2.24, 2.45) is 5.10 Å². The van der Waals surface area contributed by atoms with Crippen LogP contribution in [-0.4, -0.2) is 24.2 Å². The third kappa shape index (κ3) is 4.13. The number of carbonyl (C=O) groups excluding carboxylic acids is 1. The van der Waals surface area contributed by atoms with Crippen molar-refractivity contribution in [1.82, 2.24) is 5.43 Å². The predicted molar refractivity (Wildman–Crippen MR) is 88.9 cm³/mol. The first-order valence-corrected chi connectivity index (χ1v) is 7.22. The van der Waals surface area contributed by atoms with Crippen molar-refractivity contribution in [1.29, 1.82) is 0 Å². The van der Waals surface area contributed by atoms with Crippen molar-refractivity contribution in [3.8, 4) is 5.75 Å². The first-order valence-electron chi connectivity index (χ1n) is 6.43. The fourth-order valence-corrected chi connectivity index (χ4v) is 2.27. The average molecular weight is 378 g/mol. The van der Waals surface area contributed by atoms with Gasteiger partial charge in [0.15, 0.2) is 5.75 Å². The van der Waals surface area contributed by atoms with Crippen LogP contribution in [-0.2, 0) is 0 Å². The SMILES string of the molecule is COc1ccc(/C=N/NC(=O)c2ccccc2Br)cc1[N+](=O)[O-]. The third-order valence-corrected chi connectivity index (χ3v) is 3.59. The van der Waals surface area contributed by atoms with Gasteiger partial charge in [0.2, 0.25) is 0 Å². The zero-order valence-corrected chi connectivity index (χ0v) is 13.6. The maximum atomic E-state index is 11.9. The lowest BCUT2D eigenvalue weighted by molar-refractivity contribution is -0.385. The Hall–Kier alpha value is -2.74. The summed E-state index contributed by atoms with van der Waals surface area (Å²) in [5.74, 6) is -0.235. The molecular formula is C15H12BrN3O4. The van der Waals surface area contributed by atoms with Gasteiger partial charge in [-0.05, 0) is 40.2 Å². The lowest BCUT2D eigenvalue weighted by Gasteiger charge is -2.03. The molecule has 0 bridgehead atoms. The molecule has 1 N–H and O–H groups in total. The van der Waals surface area contributed by atoms with Crippen LogP contribution in [0.4, 0.5) is 5.69 Å². The molecule has 2 aromatic rings. The van der Waals surface area contributed by atoms with E-state index in [1.165, 1.54) is 25.5 Å². The highest BCUT2D eigenvalue weighted by Crippen LogP contribution is 2.26. The van der Waals surface area contributed by atoms with Crippen LogP contribution >= 0.6 is 15.9 Å². The van der Waals surface area contributed by atoms with Crippen molar-refractivity contribution < 1.29 is 14.5 Å². The molecule has 0 fully saturated rings. The molecule has 0 aliphatic carbocycles. The summed E-state index contributed by atoms with van der Waals surface area (Å²) in [6.07, 6.45) is 1.32. The van der Waals surface area contributed by atoms with Gasteiger partial charge in [-0.1, -0.05) is 12.1 Å². The number of amides is 1. The fraction of sp³-hybridized carbons (Fsp3) is 0.0667. The van der Waals surface area contributed by atoms with Crippen LogP contribution in [0.3, 0.4) is 0 Å². The Morgan fingerprint density at radius 3 is 2.74 bits per heavy atom. The number of nitrogens with one attached hydrogen (secondary N) is 1. The van der Waals surface area contributed by atoms with E-state index in [0.717, 1.165) is 0 Å².